The second-order valence-corrected chi connectivity index (χ2v) is 6.02. The van der Waals surface area contributed by atoms with E-state index >= 15 is 0 Å². The Morgan fingerprint density at radius 1 is 1.16 bits per heavy atom. The summed E-state index contributed by atoms with van der Waals surface area (Å²) >= 11 is 0. The molecule has 0 radical (unpaired) electrons. The molecule has 6 heteroatoms. The molecule has 3 aromatic rings. The number of allylic oxidation sites excluding steroid dienone is 2. The fourth-order valence-electron chi connectivity index (χ4n) is 2.73. The fraction of sp³-hybridized carbons (Fsp3) is 0.211. The van der Waals surface area contributed by atoms with Gasteiger partial charge in [0.1, 0.15) is 11.1 Å². The van der Waals surface area contributed by atoms with Crippen LogP contribution in [0.3, 0.4) is 0 Å². The number of benzene rings is 2. The zero-order chi connectivity index (χ0) is 18.3. The summed E-state index contributed by atoms with van der Waals surface area (Å²) in [5.74, 6) is -0.700. The Balaban J connectivity index is 2.47. The summed E-state index contributed by atoms with van der Waals surface area (Å²) in [4.78, 5) is 12.8. The van der Waals surface area contributed by atoms with Crippen molar-refractivity contribution < 1.29 is 24.5 Å². The molecule has 0 aliphatic heterocycles. The Kier molecular flexibility index (Phi) is 4.04. The lowest BCUT2D eigenvalue weighted by Gasteiger charge is -2.12. The zero-order valence-corrected chi connectivity index (χ0v) is 14.1. The molecule has 0 amide bonds. The SMILES string of the molecule is COc1c(O)c(CC=C(C)C)cc2c(=O)c3c(O)ccc(O)c3oc12. The van der Waals surface area contributed by atoms with Gasteiger partial charge in [0.15, 0.2) is 22.7 Å². The van der Waals surface area contributed by atoms with Crippen LogP contribution >= 0.6 is 0 Å². The van der Waals surface area contributed by atoms with Crippen LogP contribution in [0, 0.1) is 0 Å². The minimum Gasteiger partial charge on any atom is -0.507 e. The quantitative estimate of drug-likeness (QED) is 0.382. The van der Waals surface area contributed by atoms with E-state index < -0.39 is 5.43 Å². The van der Waals surface area contributed by atoms with Crippen molar-refractivity contribution in [1.82, 2.24) is 0 Å². The van der Waals surface area contributed by atoms with Crippen LogP contribution < -0.4 is 10.2 Å². The molecular formula is C19H18O6. The van der Waals surface area contributed by atoms with Crippen molar-refractivity contribution in [2.24, 2.45) is 0 Å². The van der Waals surface area contributed by atoms with Crippen LogP contribution in [0.15, 0.2) is 39.1 Å². The molecule has 3 N–H and O–H groups in total. The molecule has 1 heterocycles. The van der Waals surface area contributed by atoms with Crippen LogP contribution in [-0.4, -0.2) is 22.4 Å². The number of phenolic OH excluding ortho intramolecular Hbond substituents is 3. The van der Waals surface area contributed by atoms with Crippen molar-refractivity contribution in [3.05, 3.63) is 45.6 Å². The van der Waals surface area contributed by atoms with Gasteiger partial charge in [-0.1, -0.05) is 11.6 Å². The number of phenols is 3. The lowest BCUT2D eigenvalue weighted by Crippen LogP contribution is -2.05. The molecule has 6 nitrogen and oxygen atoms in total. The molecule has 3 rings (SSSR count). The number of aromatic hydroxyl groups is 3. The number of ether oxygens (including phenoxy) is 1. The van der Waals surface area contributed by atoms with Crippen molar-refractivity contribution in [1.29, 1.82) is 0 Å². The second kappa shape index (κ2) is 6.05. The molecule has 0 saturated heterocycles. The van der Waals surface area contributed by atoms with Gasteiger partial charge in [0, 0.05) is 5.56 Å². The van der Waals surface area contributed by atoms with E-state index in [1.807, 2.05) is 19.9 Å². The maximum Gasteiger partial charge on any atom is 0.204 e. The number of hydrogen-bond donors (Lipinski definition) is 3. The Labute approximate surface area is 143 Å². The molecule has 25 heavy (non-hydrogen) atoms. The topological polar surface area (TPSA) is 100 Å². The number of hydrogen-bond acceptors (Lipinski definition) is 6. The third-order valence-corrected chi connectivity index (χ3v) is 4.01. The van der Waals surface area contributed by atoms with Gasteiger partial charge in [0.25, 0.3) is 0 Å². The average molecular weight is 342 g/mol. The first-order valence-corrected chi connectivity index (χ1v) is 7.68. The summed E-state index contributed by atoms with van der Waals surface area (Å²) in [7, 11) is 1.35. The van der Waals surface area contributed by atoms with Crippen LogP contribution in [0.1, 0.15) is 19.4 Å². The second-order valence-electron chi connectivity index (χ2n) is 6.02. The highest BCUT2D eigenvalue weighted by Gasteiger charge is 2.21. The third-order valence-electron chi connectivity index (χ3n) is 4.01. The molecule has 0 atom stereocenters. The smallest absolute Gasteiger partial charge is 0.204 e. The first-order chi connectivity index (χ1) is 11.8. The first kappa shape index (κ1) is 16.7. The van der Waals surface area contributed by atoms with Crippen LogP contribution in [0.25, 0.3) is 21.9 Å². The Morgan fingerprint density at radius 2 is 1.84 bits per heavy atom. The van der Waals surface area contributed by atoms with Gasteiger partial charge >= 0.3 is 0 Å². The number of fused-ring (bicyclic) bond motifs is 2. The van der Waals surface area contributed by atoms with Gasteiger partial charge in [-0.15, -0.1) is 0 Å². The van der Waals surface area contributed by atoms with E-state index in [2.05, 4.69) is 0 Å². The largest absolute Gasteiger partial charge is 0.507 e. The van der Waals surface area contributed by atoms with Crippen molar-refractivity contribution in [3.63, 3.8) is 0 Å². The Hall–Kier alpha value is -3.15. The van der Waals surface area contributed by atoms with Gasteiger partial charge in [-0.25, -0.2) is 0 Å². The van der Waals surface area contributed by atoms with Crippen molar-refractivity contribution in [2.45, 2.75) is 20.3 Å². The number of methoxy groups -OCH3 is 1. The van der Waals surface area contributed by atoms with Gasteiger partial charge in [-0.2, -0.15) is 0 Å². The summed E-state index contributed by atoms with van der Waals surface area (Å²) < 4.78 is 10.8. The van der Waals surface area contributed by atoms with Gasteiger partial charge in [-0.05, 0) is 38.5 Å². The van der Waals surface area contributed by atoms with E-state index in [1.54, 1.807) is 0 Å². The summed E-state index contributed by atoms with van der Waals surface area (Å²) in [6, 6.07) is 3.96. The molecule has 2 aromatic carbocycles. The van der Waals surface area contributed by atoms with Crippen LogP contribution in [-0.2, 0) is 6.42 Å². The first-order valence-electron chi connectivity index (χ1n) is 7.68. The minimum atomic E-state index is -0.513. The molecule has 130 valence electrons. The zero-order valence-electron chi connectivity index (χ0n) is 14.1. The molecular weight excluding hydrogens is 324 g/mol. The third kappa shape index (κ3) is 2.65. The Bertz CT molecular complexity index is 1070. The van der Waals surface area contributed by atoms with E-state index in [0.717, 1.165) is 5.57 Å². The molecule has 0 unspecified atom stereocenters. The van der Waals surface area contributed by atoms with E-state index in [0.29, 0.717) is 12.0 Å². The van der Waals surface area contributed by atoms with Gasteiger partial charge in [0.2, 0.25) is 11.2 Å². The monoisotopic (exact) mass is 342 g/mol. The predicted molar refractivity (Wildman–Crippen MR) is 94.7 cm³/mol. The average Bonchev–Trinajstić information content (AvgIpc) is 2.56. The van der Waals surface area contributed by atoms with E-state index in [4.69, 9.17) is 9.15 Å². The van der Waals surface area contributed by atoms with Crippen LogP contribution in [0.5, 0.6) is 23.0 Å². The summed E-state index contributed by atoms with van der Waals surface area (Å²) in [5, 5.41) is 30.5. The lowest BCUT2D eigenvalue weighted by molar-refractivity contribution is 0.369. The number of rotatable bonds is 3. The normalized spacial score (nSPS) is 11.0. The summed E-state index contributed by atoms with van der Waals surface area (Å²) in [6.07, 6.45) is 2.32. The van der Waals surface area contributed by atoms with Gasteiger partial charge < -0.3 is 24.5 Å². The maximum atomic E-state index is 12.8. The predicted octanol–water partition coefficient (Wildman–Crippen LogP) is 3.58. The van der Waals surface area contributed by atoms with E-state index in [1.165, 1.54) is 25.3 Å². The van der Waals surface area contributed by atoms with Crippen LogP contribution in [0.2, 0.25) is 0 Å². The summed E-state index contributed by atoms with van der Waals surface area (Å²) in [5.41, 5.74) is 0.899. The van der Waals surface area contributed by atoms with Gasteiger partial charge in [0.05, 0.1) is 12.5 Å². The molecule has 1 aromatic heterocycles. The Morgan fingerprint density at radius 3 is 2.48 bits per heavy atom. The van der Waals surface area contributed by atoms with E-state index in [9.17, 15) is 20.1 Å². The molecule has 0 saturated carbocycles. The molecule has 0 bridgehead atoms. The van der Waals surface area contributed by atoms with Crippen molar-refractivity contribution in [2.75, 3.05) is 7.11 Å². The van der Waals surface area contributed by atoms with Crippen molar-refractivity contribution in [3.8, 4) is 23.0 Å². The standard InChI is InChI=1S/C19H18O6/c1-9(2)4-5-10-8-11-16(23)14-12(20)6-7-13(21)18(14)25-17(11)19(24-3)15(10)22/h4,6-8,20-22H,5H2,1-3H3. The van der Waals surface area contributed by atoms with Crippen molar-refractivity contribution >= 4 is 21.9 Å². The highest BCUT2D eigenvalue weighted by atomic mass is 16.5. The maximum absolute atomic E-state index is 12.8. The highest BCUT2D eigenvalue weighted by molar-refractivity contribution is 5.98. The van der Waals surface area contributed by atoms with Gasteiger partial charge in [-0.3, -0.25) is 4.79 Å². The lowest BCUT2D eigenvalue weighted by atomic mass is 10.0. The fourth-order valence-corrected chi connectivity index (χ4v) is 2.73. The molecule has 0 fully saturated rings. The highest BCUT2D eigenvalue weighted by Crippen LogP contribution is 2.41. The molecule has 0 aliphatic carbocycles. The molecule has 0 aliphatic rings. The molecule has 0 spiro atoms. The minimum absolute atomic E-state index is 0.0106. The summed E-state index contributed by atoms with van der Waals surface area (Å²) in [6.45, 7) is 3.86. The van der Waals surface area contributed by atoms with E-state index in [-0.39, 0.29) is 44.9 Å². The van der Waals surface area contributed by atoms with Crippen LogP contribution in [0.4, 0.5) is 0 Å².